The average Bonchev–Trinajstić information content (AvgIpc) is 2.65. The fourth-order valence-corrected chi connectivity index (χ4v) is 2.92. The fourth-order valence-electron chi connectivity index (χ4n) is 2.92. The number of aromatic nitrogens is 2. The van der Waals surface area contributed by atoms with Gasteiger partial charge in [0.25, 0.3) is 0 Å². The van der Waals surface area contributed by atoms with Crippen LogP contribution >= 0.6 is 0 Å². The minimum atomic E-state index is -0.317. The largest absolute Gasteiger partial charge is 0.378 e. The molecule has 0 saturated carbocycles. The molecule has 1 aromatic heterocycles. The third-order valence-corrected chi connectivity index (χ3v) is 4.35. The summed E-state index contributed by atoms with van der Waals surface area (Å²) in [7, 11) is 0. The van der Waals surface area contributed by atoms with Crippen molar-refractivity contribution in [2.45, 2.75) is 13.0 Å². The molecule has 1 aromatic carbocycles. The lowest BCUT2D eigenvalue weighted by atomic mass is 10.2. The van der Waals surface area contributed by atoms with Gasteiger partial charge in [0.05, 0.1) is 13.2 Å². The summed E-state index contributed by atoms with van der Waals surface area (Å²) in [5.74, 6) is 1.08. The zero-order valence-electron chi connectivity index (χ0n) is 14.0. The lowest BCUT2D eigenvalue weighted by molar-refractivity contribution is -0.116. The quantitative estimate of drug-likeness (QED) is 0.785. The summed E-state index contributed by atoms with van der Waals surface area (Å²) in [5.41, 5.74) is 2.64. The predicted molar refractivity (Wildman–Crippen MR) is 96.5 cm³/mol. The maximum atomic E-state index is 11.9. The molecule has 1 amide bonds. The molecule has 1 unspecified atom stereocenters. The molecular weight excluding hydrogens is 320 g/mol. The van der Waals surface area contributed by atoms with Crippen molar-refractivity contribution in [2.75, 3.05) is 47.2 Å². The standard InChI is InChI=1S/C17H20N6O2/c1-11-17(24)22-14-15(20-11)18-10-19-16(14)21-12-2-4-13(5-3-12)23-6-8-25-9-7-23/h2-5,10-11H,6-9H2,1H3,(H,22,24)(H2,18,19,20,21). The van der Waals surface area contributed by atoms with Crippen molar-refractivity contribution < 1.29 is 9.53 Å². The van der Waals surface area contributed by atoms with Gasteiger partial charge in [-0.05, 0) is 31.2 Å². The summed E-state index contributed by atoms with van der Waals surface area (Å²) in [6.07, 6.45) is 1.47. The van der Waals surface area contributed by atoms with Crippen molar-refractivity contribution in [2.24, 2.45) is 0 Å². The van der Waals surface area contributed by atoms with E-state index in [0.717, 1.165) is 32.0 Å². The van der Waals surface area contributed by atoms with E-state index in [0.29, 0.717) is 17.3 Å². The third-order valence-electron chi connectivity index (χ3n) is 4.35. The van der Waals surface area contributed by atoms with E-state index < -0.39 is 0 Å². The van der Waals surface area contributed by atoms with Crippen LogP contribution in [0.5, 0.6) is 0 Å². The average molecular weight is 340 g/mol. The molecule has 0 bridgehead atoms. The number of morpholine rings is 1. The van der Waals surface area contributed by atoms with Gasteiger partial charge in [-0.25, -0.2) is 9.97 Å². The summed E-state index contributed by atoms with van der Waals surface area (Å²) in [5, 5.41) is 9.17. The van der Waals surface area contributed by atoms with Gasteiger partial charge in [-0.2, -0.15) is 0 Å². The van der Waals surface area contributed by atoms with Crippen molar-refractivity contribution in [1.29, 1.82) is 0 Å². The van der Waals surface area contributed by atoms with E-state index in [4.69, 9.17) is 4.74 Å². The summed E-state index contributed by atoms with van der Waals surface area (Å²) in [6, 6.07) is 7.82. The van der Waals surface area contributed by atoms with Crippen molar-refractivity contribution in [1.82, 2.24) is 9.97 Å². The Hall–Kier alpha value is -2.87. The zero-order valence-corrected chi connectivity index (χ0v) is 14.0. The molecule has 1 saturated heterocycles. The number of ether oxygens (including phenoxy) is 1. The molecule has 3 heterocycles. The van der Waals surface area contributed by atoms with E-state index in [-0.39, 0.29) is 11.9 Å². The van der Waals surface area contributed by atoms with Crippen molar-refractivity contribution >= 4 is 34.6 Å². The van der Waals surface area contributed by atoms with Gasteiger partial charge in [-0.1, -0.05) is 0 Å². The van der Waals surface area contributed by atoms with Crippen molar-refractivity contribution in [3.8, 4) is 0 Å². The van der Waals surface area contributed by atoms with Crippen LogP contribution in [0.3, 0.4) is 0 Å². The number of fused-ring (bicyclic) bond motifs is 1. The van der Waals surface area contributed by atoms with E-state index in [1.807, 2.05) is 12.1 Å². The number of carbonyl (C=O) groups excluding carboxylic acids is 1. The first kappa shape index (κ1) is 15.6. The molecule has 130 valence electrons. The van der Waals surface area contributed by atoms with Crippen LogP contribution in [0.15, 0.2) is 30.6 Å². The monoisotopic (exact) mass is 340 g/mol. The normalized spacial score (nSPS) is 19.6. The Balaban J connectivity index is 1.53. The van der Waals surface area contributed by atoms with Crippen LogP contribution < -0.4 is 20.9 Å². The minimum Gasteiger partial charge on any atom is -0.378 e. The number of hydrogen-bond donors (Lipinski definition) is 3. The van der Waals surface area contributed by atoms with Crippen LogP contribution in [0.1, 0.15) is 6.92 Å². The first-order chi connectivity index (χ1) is 12.2. The second kappa shape index (κ2) is 6.56. The molecule has 0 spiro atoms. The van der Waals surface area contributed by atoms with Gasteiger partial charge in [0.2, 0.25) is 5.91 Å². The van der Waals surface area contributed by atoms with E-state index in [2.05, 4.69) is 43.0 Å². The molecule has 8 heteroatoms. The van der Waals surface area contributed by atoms with Crippen LogP contribution in [0.25, 0.3) is 0 Å². The van der Waals surface area contributed by atoms with Gasteiger partial charge in [0, 0.05) is 24.5 Å². The molecule has 2 aliphatic rings. The van der Waals surface area contributed by atoms with Gasteiger partial charge in [-0.3, -0.25) is 4.79 Å². The highest BCUT2D eigenvalue weighted by molar-refractivity contribution is 6.04. The number of nitrogens with one attached hydrogen (secondary N) is 3. The number of rotatable bonds is 3. The Labute approximate surface area is 145 Å². The molecule has 2 aromatic rings. The fraction of sp³-hybridized carbons (Fsp3) is 0.353. The second-order valence-corrected chi connectivity index (χ2v) is 6.07. The van der Waals surface area contributed by atoms with Gasteiger partial charge < -0.3 is 25.6 Å². The van der Waals surface area contributed by atoms with Crippen LogP contribution in [-0.2, 0) is 9.53 Å². The number of anilines is 5. The van der Waals surface area contributed by atoms with Crippen LogP contribution in [0.4, 0.5) is 28.7 Å². The first-order valence-electron chi connectivity index (χ1n) is 8.33. The van der Waals surface area contributed by atoms with Gasteiger partial charge in [0.15, 0.2) is 11.6 Å². The van der Waals surface area contributed by atoms with E-state index >= 15 is 0 Å². The number of carbonyl (C=O) groups is 1. The summed E-state index contributed by atoms with van der Waals surface area (Å²) >= 11 is 0. The number of benzene rings is 1. The maximum absolute atomic E-state index is 11.9. The van der Waals surface area contributed by atoms with Crippen LogP contribution in [-0.4, -0.2) is 48.2 Å². The molecule has 0 aliphatic carbocycles. The lowest BCUT2D eigenvalue weighted by Gasteiger charge is -2.29. The Bertz CT molecular complexity index is 773. The maximum Gasteiger partial charge on any atom is 0.246 e. The second-order valence-electron chi connectivity index (χ2n) is 6.07. The third kappa shape index (κ3) is 3.20. The van der Waals surface area contributed by atoms with E-state index in [1.165, 1.54) is 12.0 Å². The Kier molecular flexibility index (Phi) is 4.10. The Morgan fingerprint density at radius 3 is 2.72 bits per heavy atom. The van der Waals surface area contributed by atoms with Crippen molar-refractivity contribution in [3.63, 3.8) is 0 Å². The molecular formula is C17H20N6O2. The molecule has 2 aliphatic heterocycles. The number of hydrogen-bond acceptors (Lipinski definition) is 7. The van der Waals surface area contributed by atoms with Crippen LogP contribution in [0, 0.1) is 0 Å². The SMILES string of the molecule is CC1Nc2ncnc(Nc3ccc(N4CCOCC4)cc3)c2NC1=O. The summed E-state index contributed by atoms with van der Waals surface area (Å²) in [4.78, 5) is 22.6. The van der Waals surface area contributed by atoms with Gasteiger partial charge in [-0.15, -0.1) is 0 Å². The highest BCUT2D eigenvalue weighted by Crippen LogP contribution is 2.32. The highest BCUT2D eigenvalue weighted by atomic mass is 16.5. The molecule has 0 radical (unpaired) electrons. The van der Waals surface area contributed by atoms with Crippen molar-refractivity contribution in [3.05, 3.63) is 30.6 Å². The van der Waals surface area contributed by atoms with Gasteiger partial charge in [0.1, 0.15) is 18.1 Å². The number of nitrogens with zero attached hydrogens (tertiary/aromatic N) is 3. The Morgan fingerprint density at radius 2 is 1.96 bits per heavy atom. The zero-order chi connectivity index (χ0) is 17.2. The molecule has 25 heavy (non-hydrogen) atoms. The summed E-state index contributed by atoms with van der Waals surface area (Å²) in [6.45, 7) is 5.12. The summed E-state index contributed by atoms with van der Waals surface area (Å²) < 4.78 is 5.38. The van der Waals surface area contributed by atoms with Crippen LogP contribution in [0.2, 0.25) is 0 Å². The first-order valence-corrected chi connectivity index (χ1v) is 8.33. The molecule has 3 N–H and O–H groups in total. The molecule has 8 nitrogen and oxygen atoms in total. The van der Waals surface area contributed by atoms with E-state index in [1.54, 1.807) is 6.92 Å². The molecule has 1 atom stereocenters. The predicted octanol–water partition coefficient (Wildman–Crippen LogP) is 1.81. The molecule has 4 rings (SSSR count). The Morgan fingerprint density at radius 1 is 1.20 bits per heavy atom. The number of amides is 1. The van der Waals surface area contributed by atoms with E-state index in [9.17, 15) is 4.79 Å². The minimum absolute atomic E-state index is 0.104. The lowest BCUT2D eigenvalue weighted by Crippen LogP contribution is -2.37. The molecule has 1 fully saturated rings. The van der Waals surface area contributed by atoms with Gasteiger partial charge >= 0.3 is 0 Å². The smallest absolute Gasteiger partial charge is 0.246 e. The topological polar surface area (TPSA) is 91.4 Å². The highest BCUT2D eigenvalue weighted by Gasteiger charge is 2.25.